The Labute approximate surface area is 141 Å². The quantitative estimate of drug-likeness (QED) is 0.494. The van der Waals surface area contributed by atoms with Gasteiger partial charge in [-0.1, -0.05) is 18.2 Å². The summed E-state index contributed by atoms with van der Waals surface area (Å²) in [5.74, 6) is -0.0712. The zero-order valence-corrected chi connectivity index (χ0v) is 12.8. The Kier molecular flexibility index (Phi) is 4.46. The van der Waals surface area contributed by atoms with Crippen molar-refractivity contribution in [3.05, 3.63) is 58.1 Å². The Bertz CT molecular complexity index is 852. The minimum atomic E-state index is -0.884. The third-order valence-electron chi connectivity index (χ3n) is 3.42. The van der Waals surface area contributed by atoms with Gasteiger partial charge >= 0.3 is 5.69 Å². The summed E-state index contributed by atoms with van der Waals surface area (Å²) in [6.07, 6.45) is 0.225. The molecule has 0 bridgehead atoms. The molecule has 25 heavy (non-hydrogen) atoms. The van der Waals surface area contributed by atoms with Crippen LogP contribution in [0, 0.1) is 10.1 Å². The lowest BCUT2D eigenvalue weighted by molar-refractivity contribution is -0.385. The summed E-state index contributed by atoms with van der Waals surface area (Å²) in [5.41, 5.74) is 1.90. The van der Waals surface area contributed by atoms with Crippen molar-refractivity contribution in [2.75, 3.05) is 6.61 Å². The van der Waals surface area contributed by atoms with E-state index in [1.54, 1.807) is 24.3 Å². The van der Waals surface area contributed by atoms with E-state index in [9.17, 15) is 20.0 Å². The zero-order valence-electron chi connectivity index (χ0n) is 12.8. The number of nitro groups is 1. The molecule has 0 aliphatic carbocycles. The second kappa shape index (κ2) is 6.87. The number of phenolic OH excluding ortho intramolecular Hbond substituents is 1. The molecule has 3 rings (SSSR count). The van der Waals surface area contributed by atoms with E-state index < -0.39 is 28.4 Å². The van der Waals surface area contributed by atoms with Crippen LogP contribution in [0.25, 0.3) is 0 Å². The van der Waals surface area contributed by atoms with Crippen LogP contribution in [-0.2, 0) is 4.79 Å². The first-order chi connectivity index (χ1) is 12.1. The highest BCUT2D eigenvalue weighted by atomic mass is 16.6. The standard InChI is InChI=1S/C16H13N3O6/c20-15-10(4-3-5-11(15)19(22)23)8-17-18-16(21)14-9-24-12-6-1-2-7-13(12)25-14/h1-8,14,20H,9H2,(H,18,21)/b17-8-/t14-/m1/s1. The number of ether oxygens (including phenoxy) is 2. The van der Waals surface area contributed by atoms with Gasteiger partial charge in [-0.05, 0) is 18.2 Å². The Morgan fingerprint density at radius 2 is 2.04 bits per heavy atom. The lowest BCUT2D eigenvalue weighted by atomic mass is 10.2. The van der Waals surface area contributed by atoms with Gasteiger partial charge in [0.25, 0.3) is 5.91 Å². The number of hydrogen-bond acceptors (Lipinski definition) is 7. The molecule has 0 unspecified atom stereocenters. The minimum Gasteiger partial charge on any atom is -0.502 e. The number of phenols is 1. The molecule has 1 aliphatic rings. The molecule has 2 aromatic carbocycles. The van der Waals surface area contributed by atoms with Gasteiger partial charge in [-0.25, -0.2) is 5.43 Å². The predicted molar refractivity (Wildman–Crippen MR) is 86.9 cm³/mol. The van der Waals surface area contributed by atoms with Crippen LogP contribution >= 0.6 is 0 Å². The molecule has 2 N–H and O–H groups in total. The van der Waals surface area contributed by atoms with E-state index in [1.807, 2.05) is 0 Å². The van der Waals surface area contributed by atoms with E-state index in [0.717, 1.165) is 12.3 Å². The number of carbonyl (C=O) groups is 1. The molecule has 0 saturated heterocycles. The first-order valence-corrected chi connectivity index (χ1v) is 7.24. The van der Waals surface area contributed by atoms with E-state index in [2.05, 4.69) is 10.5 Å². The number of benzene rings is 2. The van der Waals surface area contributed by atoms with Crippen LogP contribution in [0.3, 0.4) is 0 Å². The van der Waals surface area contributed by atoms with Gasteiger partial charge in [0, 0.05) is 11.6 Å². The monoisotopic (exact) mass is 343 g/mol. The fraction of sp³-hybridized carbons (Fsp3) is 0.125. The maximum atomic E-state index is 12.1. The molecule has 0 fully saturated rings. The lowest BCUT2D eigenvalue weighted by Crippen LogP contribution is -2.42. The first kappa shape index (κ1) is 16.2. The van der Waals surface area contributed by atoms with Gasteiger partial charge in [-0.15, -0.1) is 0 Å². The fourth-order valence-electron chi connectivity index (χ4n) is 2.19. The number of fused-ring (bicyclic) bond motifs is 1. The van der Waals surface area contributed by atoms with Gasteiger partial charge in [0.05, 0.1) is 11.1 Å². The lowest BCUT2D eigenvalue weighted by Gasteiger charge is -2.24. The van der Waals surface area contributed by atoms with Crippen molar-refractivity contribution in [1.82, 2.24) is 5.43 Å². The van der Waals surface area contributed by atoms with E-state index in [1.165, 1.54) is 12.1 Å². The number of nitro benzene ring substituents is 1. The number of nitrogens with zero attached hydrogens (tertiary/aromatic N) is 2. The van der Waals surface area contributed by atoms with E-state index in [-0.39, 0.29) is 12.2 Å². The first-order valence-electron chi connectivity index (χ1n) is 7.24. The molecule has 1 atom stereocenters. The highest BCUT2D eigenvalue weighted by molar-refractivity contribution is 5.87. The van der Waals surface area contributed by atoms with Crippen LogP contribution in [0.5, 0.6) is 17.2 Å². The van der Waals surface area contributed by atoms with Crippen molar-refractivity contribution in [1.29, 1.82) is 0 Å². The maximum Gasteiger partial charge on any atom is 0.311 e. The summed E-state index contributed by atoms with van der Waals surface area (Å²) in [5, 5.41) is 24.2. The third kappa shape index (κ3) is 3.50. The summed E-state index contributed by atoms with van der Waals surface area (Å²) in [4.78, 5) is 22.1. The van der Waals surface area contributed by atoms with Crippen molar-refractivity contribution in [3.8, 4) is 17.2 Å². The summed E-state index contributed by atoms with van der Waals surface area (Å²) in [6.45, 7) is 0.0282. The number of hydrazone groups is 1. The summed E-state index contributed by atoms with van der Waals surface area (Å²) >= 11 is 0. The molecule has 1 amide bonds. The van der Waals surface area contributed by atoms with Gasteiger partial charge < -0.3 is 14.6 Å². The van der Waals surface area contributed by atoms with Crippen LogP contribution in [-0.4, -0.2) is 34.9 Å². The predicted octanol–water partition coefficient (Wildman–Crippen LogP) is 1.59. The van der Waals surface area contributed by atoms with Gasteiger partial charge in [0.2, 0.25) is 11.9 Å². The second-order valence-electron chi connectivity index (χ2n) is 5.07. The third-order valence-corrected chi connectivity index (χ3v) is 3.42. The van der Waals surface area contributed by atoms with Crippen LogP contribution < -0.4 is 14.9 Å². The number of carbonyl (C=O) groups excluding carboxylic acids is 1. The Hall–Kier alpha value is -3.62. The zero-order chi connectivity index (χ0) is 17.8. The van der Waals surface area contributed by atoms with Gasteiger partial charge in [-0.2, -0.15) is 5.10 Å². The van der Waals surface area contributed by atoms with Crippen molar-refractivity contribution in [3.63, 3.8) is 0 Å². The normalized spacial score (nSPS) is 15.8. The number of rotatable bonds is 4. The number of aromatic hydroxyl groups is 1. The number of hydrogen-bond donors (Lipinski definition) is 2. The number of para-hydroxylation sites is 3. The van der Waals surface area contributed by atoms with Crippen LogP contribution in [0.15, 0.2) is 47.6 Å². The molecule has 9 heteroatoms. The number of amides is 1. The Balaban J connectivity index is 1.64. The van der Waals surface area contributed by atoms with E-state index >= 15 is 0 Å². The van der Waals surface area contributed by atoms with Crippen LogP contribution in [0.1, 0.15) is 5.56 Å². The summed E-state index contributed by atoms with van der Waals surface area (Å²) in [6, 6.07) is 10.9. The van der Waals surface area contributed by atoms with Gasteiger partial charge in [0.15, 0.2) is 11.5 Å². The SMILES string of the molecule is O=C(N/N=C\c1cccc([N+](=O)[O-])c1O)[C@H]1COc2ccccc2O1. The molecule has 0 saturated carbocycles. The molecule has 0 radical (unpaired) electrons. The van der Waals surface area contributed by atoms with Crippen molar-refractivity contribution in [2.45, 2.75) is 6.10 Å². The van der Waals surface area contributed by atoms with Crippen LogP contribution in [0.2, 0.25) is 0 Å². The number of nitrogens with one attached hydrogen (secondary N) is 1. The molecule has 0 spiro atoms. The average Bonchev–Trinajstić information content (AvgIpc) is 2.62. The molecule has 128 valence electrons. The van der Waals surface area contributed by atoms with Crippen LogP contribution in [0.4, 0.5) is 5.69 Å². The molecule has 0 aromatic heterocycles. The average molecular weight is 343 g/mol. The Morgan fingerprint density at radius 1 is 1.28 bits per heavy atom. The largest absolute Gasteiger partial charge is 0.502 e. The van der Waals surface area contributed by atoms with Gasteiger partial charge in [0.1, 0.15) is 6.61 Å². The summed E-state index contributed by atoms with van der Waals surface area (Å²) < 4.78 is 11.0. The molecular formula is C16H13N3O6. The van der Waals surface area contributed by atoms with Crippen molar-refractivity contribution in [2.24, 2.45) is 5.10 Å². The van der Waals surface area contributed by atoms with Gasteiger partial charge in [-0.3, -0.25) is 14.9 Å². The molecule has 9 nitrogen and oxygen atoms in total. The molecule has 1 heterocycles. The highest BCUT2D eigenvalue weighted by Gasteiger charge is 2.27. The fourth-order valence-corrected chi connectivity index (χ4v) is 2.19. The molecule has 1 aliphatic heterocycles. The topological polar surface area (TPSA) is 123 Å². The second-order valence-corrected chi connectivity index (χ2v) is 5.07. The van der Waals surface area contributed by atoms with E-state index in [4.69, 9.17) is 9.47 Å². The van der Waals surface area contributed by atoms with E-state index in [0.29, 0.717) is 11.5 Å². The molecular weight excluding hydrogens is 330 g/mol. The Morgan fingerprint density at radius 3 is 2.80 bits per heavy atom. The molecule has 2 aromatic rings. The highest BCUT2D eigenvalue weighted by Crippen LogP contribution is 2.31. The smallest absolute Gasteiger partial charge is 0.311 e. The maximum absolute atomic E-state index is 12.1. The van der Waals surface area contributed by atoms with Crippen molar-refractivity contribution >= 4 is 17.8 Å². The summed E-state index contributed by atoms with van der Waals surface area (Å²) in [7, 11) is 0. The van der Waals surface area contributed by atoms with Crippen molar-refractivity contribution < 1.29 is 24.3 Å². The minimum absolute atomic E-state index is 0.0282.